The first-order valence-electron chi connectivity index (χ1n) is 8.38. The summed E-state index contributed by atoms with van der Waals surface area (Å²) in [4.78, 5) is 29.4. The maximum absolute atomic E-state index is 13.0. The average molecular weight is 347 g/mol. The predicted molar refractivity (Wildman–Crippen MR) is 96.7 cm³/mol. The Balaban J connectivity index is 1.73. The molecule has 2 saturated heterocycles. The van der Waals surface area contributed by atoms with Crippen LogP contribution in [0.3, 0.4) is 0 Å². The number of likely N-dealkylation sites (tertiary alicyclic amines) is 1. The van der Waals surface area contributed by atoms with Crippen molar-refractivity contribution in [1.29, 1.82) is 0 Å². The number of nitrogens with two attached hydrogens (primary N) is 1. The molecule has 2 amide bonds. The van der Waals surface area contributed by atoms with E-state index in [2.05, 4.69) is 13.8 Å². The van der Waals surface area contributed by atoms with E-state index in [-0.39, 0.29) is 29.3 Å². The molecule has 2 unspecified atom stereocenters. The molecule has 2 aliphatic rings. The van der Waals surface area contributed by atoms with E-state index in [4.69, 9.17) is 5.73 Å². The third-order valence-electron chi connectivity index (χ3n) is 5.07. The molecule has 2 atom stereocenters. The topological polar surface area (TPSA) is 66.6 Å². The lowest BCUT2D eigenvalue weighted by Crippen LogP contribution is -2.58. The molecule has 24 heavy (non-hydrogen) atoms. The van der Waals surface area contributed by atoms with Crippen LogP contribution in [0.2, 0.25) is 0 Å². The molecule has 0 spiro atoms. The number of nitrogens with zero attached hydrogens (tertiary/aromatic N) is 2. The molecule has 130 valence electrons. The summed E-state index contributed by atoms with van der Waals surface area (Å²) in [6.07, 6.45) is 0.811. The number of hydrogen-bond donors (Lipinski definition) is 1. The first kappa shape index (κ1) is 17.3. The normalized spacial score (nSPS) is 26.5. The number of rotatable bonds is 2. The lowest BCUT2D eigenvalue weighted by atomic mass is 9.79. The van der Waals surface area contributed by atoms with Gasteiger partial charge in [0.2, 0.25) is 5.91 Å². The summed E-state index contributed by atoms with van der Waals surface area (Å²) < 4.78 is 0. The Morgan fingerprint density at radius 2 is 1.96 bits per heavy atom. The second-order valence-corrected chi connectivity index (χ2v) is 8.30. The van der Waals surface area contributed by atoms with Gasteiger partial charge in [0.05, 0.1) is 5.88 Å². The number of thioether (sulfide) groups is 1. The minimum atomic E-state index is -0.368. The Kier molecular flexibility index (Phi) is 4.88. The van der Waals surface area contributed by atoms with Gasteiger partial charge in [-0.1, -0.05) is 32.0 Å². The highest BCUT2D eigenvalue weighted by atomic mass is 32.2. The SMILES string of the molecule is CC1(C)CN(C(=O)C2CSCN2C(=O)c2ccccc2)CCC1N. The van der Waals surface area contributed by atoms with E-state index in [0.717, 1.165) is 6.42 Å². The number of carbonyl (C=O) groups is 2. The predicted octanol–water partition coefficient (Wildman–Crippen LogP) is 1.79. The molecule has 1 aromatic carbocycles. The van der Waals surface area contributed by atoms with E-state index in [1.165, 1.54) is 0 Å². The van der Waals surface area contributed by atoms with Crippen molar-refractivity contribution in [2.75, 3.05) is 24.7 Å². The van der Waals surface area contributed by atoms with Crippen LogP contribution in [-0.4, -0.2) is 58.4 Å². The first-order chi connectivity index (χ1) is 11.4. The van der Waals surface area contributed by atoms with Crippen molar-refractivity contribution < 1.29 is 9.59 Å². The zero-order chi connectivity index (χ0) is 17.3. The van der Waals surface area contributed by atoms with E-state index in [1.54, 1.807) is 28.8 Å². The Hall–Kier alpha value is -1.53. The van der Waals surface area contributed by atoms with Crippen molar-refractivity contribution in [1.82, 2.24) is 9.80 Å². The molecule has 5 nitrogen and oxygen atoms in total. The molecule has 2 fully saturated rings. The first-order valence-corrected chi connectivity index (χ1v) is 9.54. The van der Waals surface area contributed by atoms with Gasteiger partial charge in [-0.3, -0.25) is 9.59 Å². The van der Waals surface area contributed by atoms with Gasteiger partial charge in [-0.05, 0) is 24.0 Å². The molecule has 0 aliphatic carbocycles. The fraction of sp³-hybridized carbons (Fsp3) is 0.556. The average Bonchev–Trinajstić information content (AvgIpc) is 3.06. The molecule has 6 heteroatoms. The summed E-state index contributed by atoms with van der Waals surface area (Å²) in [5.74, 6) is 1.23. The van der Waals surface area contributed by atoms with Crippen LogP contribution in [0.25, 0.3) is 0 Å². The fourth-order valence-electron chi connectivity index (χ4n) is 3.37. The van der Waals surface area contributed by atoms with Crippen LogP contribution in [0.1, 0.15) is 30.6 Å². The summed E-state index contributed by atoms with van der Waals surface area (Å²) in [7, 11) is 0. The minimum absolute atomic E-state index is 0.0595. The Morgan fingerprint density at radius 3 is 2.62 bits per heavy atom. The summed E-state index contributed by atoms with van der Waals surface area (Å²) in [6.45, 7) is 5.54. The van der Waals surface area contributed by atoms with Crippen LogP contribution < -0.4 is 5.73 Å². The number of benzene rings is 1. The van der Waals surface area contributed by atoms with Crippen molar-refractivity contribution in [3.05, 3.63) is 35.9 Å². The van der Waals surface area contributed by atoms with Gasteiger partial charge in [-0.15, -0.1) is 11.8 Å². The molecule has 2 aliphatic heterocycles. The standard InChI is InChI=1S/C18H25N3O2S/c1-18(2)11-20(9-8-15(18)19)17(23)14-10-24-12-21(14)16(22)13-6-4-3-5-7-13/h3-7,14-15H,8-12,19H2,1-2H3. The van der Waals surface area contributed by atoms with Crippen LogP contribution in [0.5, 0.6) is 0 Å². The zero-order valence-corrected chi connectivity index (χ0v) is 15.1. The van der Waals surface area contributed by atoms with Gasteiger partial charge in [-0.2, -0.15) is 0 Å². The molecule has 2 heterocycles. The highest BCUT2D eigenvalue weighted by molar-refractivity contribution is 7.99. The highest BCUT2D eigenvalue weighted by Crippen LogP contribution is 2.30. The molecular formula is C18H25N3O2S. The smallest absolute Gasteiger partial charge is 0.255 e. The monoisotopic (exact) mass is 347 g/mol. The lowest BCUT2D eigenvalue weighted by molar-refractivity contribution is -0.138. The van der Waals surface area contributed by atoms with Crippen molar-refractivity contribution in [3.8, 4) is 0 Å². The molecular weight excluding hydrogens is 322 g/mol. The van der Waals surface area contributed by atoms with Crippen molar-refractivity contribution in [2.45, 2.75) is 32.4 Å². The van der Waals surface area contributed by atoms with Crippen molar-refractivity contribution >= 4 is 23.6 Å². The largest absolute Gasteiger partial charge is 0.340 e. The number of amides is 2. The van der Waals surface area contributed by atoms with E-state index >= 15 is 0 Å². The summed E-state index contributed by atoms with van der Waals surface area (Å²) >= 11 is 1.64. The van der Waals surface area contributed by atoms with Gasteiger partial charge in [0.15, 0.2) is 0 Å². The molecule has 3 rings (SSSR count). The maximum atomic E-state index is 13.0. The van der Waals surface area contributed by atoms with Crippen LogP contribution in [-0.2, 0) is 4.79 Å². The van der Waals surface area contributed by atoms with Crippen LogP contribution in [0.15, 0.2) is 30.3 Å². The Labute approximate surface area is 147 Å². The van der Waals surface area contributed by atoms with Gasteiger partial charge in [-0.25, -0.2) is 0 Å². The van der Waals surface area contributed by atoms with E-state index in [1.807, 2.05) is 23.1 Å². The summed E-state index contributed by atoms with van der Waals surface area (Å²) in [5, 5.41) is 0. The van der Waals surface area contributed by atoms with Gasteiger partial charge in [0.1, 0.15) is 6.04 Å². The van der Waals surface area contributed by atoms with Crippen LogP contribution in [0.4, 0.5) is 0 Å². The molecule has 0 bridgehead atoms. The van der Waals surface area contributed by atoms with Gasteiger partial charge >= 0.3 is 0 Å². The second kappa shape index (κ2) is 6.76. The third-order valence-corrected chi connectivity index (χ3v) is 6.09. The fourth-order valence-corrected chi connectivity index (χ4v) is 4.51. The molecule has 2 N–H and O–H groups in total. The summed E-state index contributed by atoms with van der Waals surface area (Å²) in [5.41, 5.74) is 6.72. The van der Waals surface area contributed by atoms with Crippen molar-refractivity contribution in [3.63, 3.8) is 0 Å². The number of hydrogen-bond acceptors (Lipinski definition) is 4. The third kappa shape index (κ3) is 3.30. The van der Waals surface area contributed by atoms with Gasteiger partial charge in [0, 0.05) is 30.4 Å². The van der Waals surface area contributed by atoms with Crippen molar-refractivity contribution in [2.24, 2.45) is 11.1 Å². The maximum Gasteiger partial charge on any atom is 0.255 e. The van der Waals surface area contributed by atoms with E-state index in [9.17, 15) is 9.59 Å². The molecule has 0 radical (unpaired) electrons. The van der Waals surface area contributed by atoms with Gasteiger partial charge in [0.25, 0.3) is 5.91 Å². The molecule has 1 aromatic rings. The Morgan fingerprint density at radius 1 is 1.25 bits per heavy atom. The van der Waals surface area contributed by atoms with Crippen LogP contribution in [0, 0.1) is 5.41 Å². The molecule has 0 aromatic heterocycles. The Bertz CT molecular complexity index is 620. The minimum Gasteiger partial charge on any atom is -0.340 e. The van der Waals surface area contributed by atoms with E-state index in [0.29, 0.717) is 30.3 Å². The number of carbonyl (C=O) groups excluding carboxylic acids is 2. The second-order valence-electron chi connectivity index (χ2n) is 7.30. The zero-order valence-electron chi connectivity index (χ0n) is 14.3. The summed E-state index contributed by atoms with van der Waals surface area (Å²) in [6, 6.07) is 8.93. The van der Waals surface area contributed by atoms with Gasteiger partial charge < -0.3 is 15.5 Å². The quantitative estimate of drug-likeness (QED) is 0.886. The van der Waals surface area contributed by atoms with Crippen LogP contribution >= 0.6 is 11.8 Å². The van der Waals surface area contributed by atoms with E-state index < -0.39 is 0 Å². The molecule has 0 saturated carbocycles. The highest BCUT2D eigenvalue weighted by Gasteiger charge is 2.41. The number of piperidine rings is 1. The lowest BCUT2D eigenvalue weighted by Gasteiger charge is -2.43.